The molecule has 0 aliphatic rings. The van der Waals surface area contributed by atoms with E-state index in [0.717, 1.165) is 32.2 Å². The molecule has 0 radical (unpaired) electrons. The summed E-state index contributed by atoms with van der Waals surface area (Å²) < 4.78 is 4.78. The summed E-state index contributed by atoms with van der Waals surface area (Å²) in [6, 6.07) is 0. The Hall–Kier alpha value is -0.540. The molecule has 2 N–H and O–H groups in total. The first-order chi connectivity index (χ1) is 5.81. The number of hydrogen-bond acceptors (Lipinski definition) is 3. The molecule has 0 aliphatic heterocycles. The Kier molecular flexibility index (Phi) is 13.2. The van der Waals surface area contributed by atoms with E-state index in [2.05, 4.69) is 6.58 Å². The van der Waals surface area contributed by atoms with Gasteiger partial charge in [0.05, 0.1) is 6.61 Å². The maximum absolute atomic E-state index is 10.5. The van der Waals surface area contributed by atoms with Crippen LogP contribution in [0.1, 0.15) is 25.7 Å². The van der Waals surface area contributed by atoms with Crippen LogP contribution in [0.5, 0.6) is 0 Å². The number of unbranched alkanes of at least 4 members (excludes halogenated alkanes) is 3. The molecule has 0 aromatic carbocycles. The van der Waals surface area contributed by atoms with E-state index >= 15 is 0 Å². The third-order valence-electron chi connectivity index (χ3n) is 1.51. The Morgan fingerprint density at radius 2 is 1.92 bits per heavy atom. The third-order valence-corrected chi connectivity index (χ3v) is 1.51. The van der Waals surface area contributed by atoms with E-state index in [4.69, 9.17) is 10.5 Å². The van der Waals surface area contributed by atoms with Crippen LogP contribution >= 0.6 is 12.4 Å². The van der Waals surface area contributed by atoms with Crippen molar-refractivity contribution in [1.29, 1.82) is 0 Å². The van der Waals surface area contributed by atoms with Gasteiger partial charge in [0.1, 0.15) is 0 Å². The van der Waals surface area contributed by atoms with Crippen molar-refractivity contribution in [2.24, 2.45) is 5.73 Å². The van der Waals surface area contributed by atoms with Crippen molar-refractivity contribution in [2.75, 3.05) is 13.2 Å². The van der Waals surface area contributed by atoms with Crippen LogP contribution in [0.3, 0.4) is 0 Å². The highest BCUT2D eigenvalue weighted by molar-refractivity contribution is 5.85. The molecule has 0 saturated heterocycles. The van der Waals surface area contributed by atoms with E-state index in [-0.39, 0.29) is 18.4 Å². The number of halogens is 1. The van der Waals surface area contributed by atoms with E-state index in [1.54, 1.807) is 0 Å². The molecule has 0 unspecified atom stereocenters. The SMILES string of the molecule is C=CC(=O)OCCCCCCN.Cl. The van der Waals surface area contributed by atoms with Gasteiger partial charge in [-0.2, -0.15) is 0 Å². The molecule has 0 heterocycles. The fourth-order valence-electron chi connectivity index (χ4n) is 0.832. The Bertz CT molecular complexity index is 140. The summed E-state index contributed by atoms with van der Waals surface area (Å²) in [6.45, 7) is 4.54. The van der Waals surface area contributed by atoms with Gasteiger partial charge in [-0.05, 0) is 19.4 Å². The highest BCUT2D eigenvalue weighted by Crippen LogP contribution is 1.98. The maximum Gasteiger partial charge on any atom is 0.330 e. The van der Waals surface area contributed by atoms with Crippen LogP contribution in [0, 0.1) is 0 Å². The maximum atomic E-state index is 10.5. The van der Waals surface area contributed by atoms with Gasteiger partial charge < -0.3 is 10.5 Å². The number of nitrogens with two attached hydrogens (primary N) is 1. The van der Waals surface area contributed by atoms with Crippen LogP contribution in [-0.2, 0) is 9.53 Å². The standard InChI is InChI=1S/C9H17NO2.ClH/c1-2-9(11)12-8-6-4-3-5-7-10;/h2H,1,3-8,10H2;1H. The zero-order valence-electron chi connectivity index (χ0n) is 7.83. The number of hydrogen-bond donors (Lipinski definition) is 1. The van der Waals surface area contributed by atoms with Gasteiger partial charge in [-0.3, -0.25) is 0 Å². The second-order valence-electron chi connectivity index (χ2n) is 2.57. The van der Waals surface area contributed by atoms with Crippen molar-refractivity contribution in [2.45, 2.75) is 25.7 Å². The summed E-state index contributed by atoms with van der Waals surface area (Å²) >= 11 is 0. The summed E-state index contributed by atoms with van der Waals surface area (Å²) in [6.07, 6.45) is 5.33. The molecular formula is C9H18ClNO2. The number of ether oxygens (including phenoxy) is 1. The minimum Gasteiger partial charge on any atom is -0.463 e. The molecule has 13 heavy (non-hydrogen) atoms. The van der Waals surface area contributed by atoms with Gasteiger partial charge in [0, 0.05) is 6.08 Å². The van der Waals surface area contributed by atoms with Gasteiger partial charge in [-0.1, -0.05) is 19.4 Å². The van der Waals surface area contributed by atoms with Crippen molar-refractivity contribution in [1.82, 2.24) is 0 Å². The molecule has 78 valence electrons. The molecule has 0 amide bonds. The Labute approximate surface area is 85.7 Å². The second-order valence-corrected chi connectivity index (χ2v) is 2.57. The van der Waals surface area contributed by atoms with Crippen LogP contribution in [-0.4, -0.2) is 19.1 Å². The molecule has 0 fully saturated rings. The van der Waals surface area contributed by atoms with Crippen LogP contribution in [0.25, 0.3) is 0 Å². The van der Waals surface area contributed by atoms with E-state index < -0.39 is 0 Å². The summed E-state index contributed by atoms with van der Waals surface area (Å²) in [5, 5.41) is 0. The Balaban J connectivity index is 0. The first-order valence-corrected chi connectivity index (χ1v) is 4.30. The van der Waals surface area contributed by atoms with Crippen LogP contribution in [0.2, 0.25) is 0 Å². The van der Waals surface area contributed by atoms with Crippen molar-refractivity contribution in [3.05, 3.63) is 12.7 Å². The normalized spacial score (nSPS) is 8.69. The Morgan fingerprint density at radius 3 is 2.46 bits per heavy atom. The van der Waals surface area contributed by atoms with Crippen molar-refractivity contribution >= 4 is 18.4 Å². The zero-order valence-corrected chi connectivity index (χ0v) is 8.65. The molecule has 0 aliphatic carbocycles. The molecule has 0 atom stereocenters. The summed E-state index contributed by atoms with van der Waals surface area (Å²) in [5.41, 5.74) is 5.31. The minimum absolute atomic E-state index is 0. The lowest BCUT2D eigenvalue weighted by atomic mass is 10.2. The molecule has 0 aromatic heterocycles. The summed E-state index contributed by atoms with van der Waals surface area (Å²) in [7, 11) is 0. The predicted octanol–water partition coefficient (Wildman–Crippen LogP) is 1.66. The van der Waals surface area contributed by atoms with Gasteiger partial charge in [0.25, 0.3) is 0 Å². The Morgan fingerprint density at radius 1 is 1.31 bits per heavy atom. The first kappa shape index (κ1) is 15.0. The van der Waals surface area contributed by atoms with Crippen molar-refractivity contribution in [3.8, 4) is 0 Å². The van der Waals surface area contributed by atoms with Gasteiger partial charge in [-0.15, -0.1) is 12.4 Å². The molecule has 4 heteroatoms. The monoisotopic (exact) mass is 207 g/mol. The van der Waals surface area contributed by atoms with Gasteiger partial charge in [0.15, 0.2) is 0 Å². The number of carbonyl (C=O) groups excluding carboxylic acids is 1. The molecule has 0 saturated carbocycles. The van der Waals surface area contributed by atoms with E-state index in [9.17, 15) is 4.79 Å². The molecule has 0 spiro atoms. The number of rotatable bonds is 7. The van der Waals surface area contributed by atoms with Crippen LogP contribution < -0.4 is 5.73 Å². The summed E-state index contributed by atoms with van der Waals surface area (Å²) in [5.74, 6) is -0.339. The average Bonchev–Trinajstić information content (AvgIpc) is 2.10. The smallest absolute Gasteiger partial charge is 0.330 e. The highest BCUT2D eigenvalue weighted by Gasteiger charge is 1.94. The lowest BCUT2D eigenvalue weighted by Gasteiger charge is -2.00. The van der Waals surface area contributed by atoms with E-state index in [1.165, 1.54) is 6.08 Å². The lowest BCUT2D eigenvalue weighted by Crippen LogP contribution is -2.02. The molecule has 3 nitrogen and oxygen atoms in total. The summed E-state index contributed by atoms with van der Waals surface area (Å²) in [4.78, 5) is 10.5. The predicted molar refractivity (Wildman–Crippen MR) is 55.9 cm³/mol. The van der Waals surface area contributed by atoms with Crippen molar-refractivity contribution in [3.63, 3.8) is 0 Å². The van der Waals surface area contributed by atoms with Crippen molar-refractivity contribution < 1.29 is 9.53 Å². The van der Waals surface area contributed by atoms with E-state index in [1.807, 2.05) is 0 Å². The van der Waals surface area contributed by atoms with Crippen LogP contribution in [0.4, 0.5) is 0 Å². The average molecular weight is 208 g/mol. The second kappa shape index (κ2) is 11.5. The van der Waals surface area contributed by atoms with Gasteiger partial charge in [0.2, 0.25) is 0 Å². The van der Waals surface area contributed by atoms with Crippen LogP contribution in [0.15, 0.2) is 12.7 Å². The fourth-order valence-corrected chi connectivity index (χ4v) is 0.832. The number of esters is 1. The first-order valence-electron chi connectivity index (χ1n) is 4.30. The molecule has 0 bridgehead atoms. The molecule has 0 rings (SSSR count). The minimum atomic E-state index is -0.339. The molecular weight excluding hydrogens is 190 g/mol. The van der Waals surface area contributed by atoms with Gasteiger partial charge in [-0.25, -0.2) is 4.79 Å². The fraction of sp³-hybridized carbons (Fsp3) is 0.667. The number of carbonyl (C=O) groups is 1. The largest absolute Gasteiger partial charge is 0.463 e. The third kappa shape index (κ3) is 11.5. The zero-order chi connectivity index (χ0) is 9.23. The topological polar surface area (TPSA) is 52.3 Å². The lowest BCUT2D eigenvalue weighted by molar-refractivity contribution is -0.137. The quantitative estimate of drug-likeness (QED) is 0.393. The van der Waals surface area contributed by atoms with E-state index in [0.29, 0.717) is 6.61 Å². The molecule has 0 aromatic rings. The van der Waals surface area contributed by atoms with Gasteiger partial charge >= 0.3 is 5.97 Å². The highest BCUT2D eigenvalue weighted by atomic mass is 35.5.